The summed E-state index contributed by atoms with van der Waals surface area (Å²) < 4.78 is 0. The Kier molecular flexibility index (Phi) is 9.64. The Morgan fingerprint density at radius 3 is 2.40 bits per heavy atom. The minimum absolute atomic E-state index is 0.0781. The SMILES string of the molecule is CC(C)(C)[C@H](NC(=O)C(N)Cc1cnc[nH]1)C(=O)N1Cc2ccccc2CC1C(=O)N[C@@H](CCC(N)=O)C(=O)O. The lowest BCUT2D eigenvalue weighted by molar-refractivity contribution is -0.148. The maximum atomic E-state index is 14.1. The van der Waals surface area contributed by atoms with Crippen LogP contribution in [0.1, 0.15) is 50.4 Å². The number of primary amides is 1. The van der Waals surface area contributed by atoms with Crippen LogP contribution < -0.4 is 22.1 Å². The number of imidazole rings is 1. The van der Waals surface area contributed by atoms with Crippen molar-refractivity contribution in [3.63, 3.8) is 0 Å². The molecule has 4 amide bonds. The van der Waals surface area contributed by atoms with Crippen LogP contribution in [0.2, 0.25) is 0 Å². The third kappa shape index (κ3) is 7.65. The molecule has 2 aromatic rings. The van der Waals surface area contributed by atoms with Crippen molar-refractivity contribution in [1.29, 1.82) is 0 Å². The molecule has 1 aliphatic rings. The summed E-state index contributed by atoms with van der Waals surface area (Å²) in [6, 6.07) is 2.91. The molecule has 1 aliphatic heterocycles. The number of amides is 4. The average Bonchev–Trinajstić information content (AvgIpc) is 3.40. The van der Waals surface area contributed by atoms with E-state index in [1.165, 1.54) is 11.2 Å². The number of nitrogens with two attached hydrogens (primary N) is 2. The quantitative estimate of drug-likeness (QED) is 0.214. The third-order valence-corrected chi connectivity index (χ3v) is 6.86. The molecule has 1 aromatic carbocycles. The van der Waals surface area contributed by atoms with Gasteiger partial charge in [0.1, 0.15) is 18.1 Å². The molecule has 4 atom stereocenters. The van der Waals surface area contributed by atoms with Crippen LogP contribution in [0, 0.1) is 5.41 Å². The van der Waals surface area contributed by atoms with Gasteiger partial charge in [-0.25, -0.2) is 9.78 Å². The number of aromatic amines is 1. The maximum Gasteiger partial charge on any atom is 0.326 e. The van der Waals surface area contributed by atoms with Crippen LogP contribution in [-0.4, -0.2) is 73.7 Å². The third-order valence-electron chi connectivity index (χ3n) is 6.86. The van der Waals surface area contributed by atoms with E-state index in [1.807, 2.05) is 24.3 Å². The number of H-pyrrole nitrogens is 1. The first-order valence-corrected chi connectivity index (χ1v) is 13.0. The average molecular weight is 556 g/mol. The number of fused-ring (bicyclic) bond motifs is 1. The van der Waals surface area contributed by atoms with E-state index in [0.29, 0.717) is 5.69 Å². The molecule has 1 aromatic heterocycles. The van der Waals surface area contributed by atoms with E-state index >= 15 is 0 Å². The number of nitrogens with one attached hydrogen (secondary N) is 3. The molecule has 0 aliphatic carbocycles. The van der Waals surface area contributed by atoms with Gasteiger partial charge >= 0.3 is 5.97 Å². The van der Waals surface area contributed by atoms with Gasteiger partial charge in [-0.05, 0) is 23.0 Å². The van der Waals surface area contributed by atoms with Gasteiger partial charge in [-0.3, -0.25) is 19.2 Å². The minimum atomic E-state index is -1.37. The molecule has 0 bridgehead atoms. The number of carboxylic acids is 1. The Labute approximate surface area is 232 Å². The van der Waals surface area contributed by atoms with Crippen molar-refractivity contribution in [3.8, 4) is 0 Å². The normalized spacial score (nSPS) is 17.2. The van der Waals surface area contributed by atoms with Crippen molar-refractivity contribution in [2.75, 3.05) is 0 Å². The van der Waals surface area contributed by atoms with Crippen molar-refractivity contribution in [1.82, 2.24) is 25.5 Å². The zero-order valence-electron chi connectivity index (χ0n) is 22.8. The van der Waals surface area contributed by atoms with Gasteiger partial charge in [0, 0.05) is 37.7 Å². The summed E-state index contributed by atoms with van der Waals surface area (Å²) >= 11 is 0. The molecule has 8 N–H and O–H groups in total. The molecule has 0 fully saturated rings. The van der Waals surface area contributed by atoms with Crippen LogP contribution in [-0.2, 0) is 43.4 Å². The number of carboxylic acid groups (broad SMARTS) is 1. The monoisotopic (exact) mass is 555 g/mol. The van der Waals surface area contributed by atoms with Gasteiger partial charge in [0.25, 0.3) is 0 Å². The van der Waals surface area contributed by atoms with Crippen molar-refractivity contribution >= 4 is 29.6 Å². The first-order chi connectivity index (χ1) is 18.8. The molecule has 0 radical (unpaired) electrons. The molecule has 2 heterocycles. The van der Waals surface area contributed by atoms with Gasteiger partial charge in [0.2, 0.25) is 23.6 Å². The van der Waals surface area contributed by atoms with Gasteiger partial charge < -0.3 is 37.1 Å². The standard InChI is InChI=1S/C27H37N7O6/c1-27(2,3)22(33-23(36)18(28)11-17-12-30-14-31-17)25(38)34-13-16-7-5-4-6-15(16)10-20(34)24(37)32-19(26(39)40)8-9-21(29)35/h4-7,12,14,18-20,22H,8-11,13,28H2,1-3H3,(H2,29,35)(H,30,31)(H,32,37)(H,33,36)(H,39,40)/t18?,19-,20?,22+/m0/s1. The summed E-state index contributed by atoms with van der Waals surface area (Å²) in [5, 5.41) is 14.8. The summed E-state index contributed by atoms with van der Waals surface area (Å²) in [6.45, 7) is 5.43. The number of aliphatic carboxylic acids is 1. The Morgan fingerprint density at radius 1 is 1.15 bits per heavy atom. The highest BCUT2D eigenvalue weighted by atomic mass is 16.4. The minimum Gasteiger partial charge on any atom is -0.480 e. The van der Waals surface area contributed by atoms with Crippen molar-refractivity contribution in [3.05, 3.63) is 53.6 Å². The van der Waals surface area contributed by atoms with Gasteiger partial charge in [-0.1, -0.05) is 45.0 Å². The van der Waals surface area contributed by atoms with Crippen molar-refractivity contribution < 1.29 is 29.1 Å². The second-order valence-electron chi connectivity index (χ2n) is 11.1. The largest absolute Gasteiger partial charge is 0.480 e. The number of carbonyl (C=O) groups excluding carboxylic acids is 4. The van der Waals surface area contributed by atoms with E-state index in [4.69, 9.17) is 11.5 Å². The first kappa shape index (κ1) is 30.3. The van der Waals surface area contributed by atoms with Crippen LogP contribution in [0.15, 0.2) is 36.8 Å². The Hall–Kier alpha value is -4.26. The van der Waals surface area contributed by atoms with Gasteiger partial charge in [0.15, 0.2) is 0 Å². The highest BCUT2D eigenvalue weighted by Crippen LogP contribution is 2.28. The molecule has 0 saturated carbocycles. The zero-order valence-corrected chi connectivity index (χ0v) is 22.8. The van der Waals surface area contributed by atoms with E-state index in [9.17, 15) is 29.1 Å². The Morgan fingerprint density at radius 2 is 1.82 bits per heavy atom. The Bertz CT molecular complexity index is 1240. The fourth-order valence-corrected chi connectivity index (χ4v) is 4.59. The number of carbonyl (C=O) groups is 5. The van der Waals surface area contributed by atoms with Gasteiger partial charge in [-0.2, -0.15) is 0 Å². The van der Waals surface area contributed by atoms with E-state index < -0.39 is 59.2 Å². The molecule has 2 unspecified atom stereocenters. The van der Waals surface area contributed by atoms with E-state index in [-0.39, 0.29) is 32.2 Å². The topological polar surface area (TPSA) is 214 Å². The van der Waals surface area contributed by atoms with Gasteiger partial charge in [-0.15, -0.1) is 0 Å². The van der Waals surface area contributed by atoms with E-state index in [0.717, 1.165) is 11.1 Å². The van der Waals surface area contributed by atoms with Crippen LogP contribution in [0.5, 0.6) is 0 Å². The molecular weight excluding hydrogens is 518 g/mol. The van der Waals surface area contributed by atoms with Gasteiger partial charge in [0.05, 0.1) is 12.4 Å². The molecule has 216 valence electrons. The number of nitrogens with zero attached hydrogens (tertiary/aromatic N) is 2. The number of hydrogen-bond acceptors (Lipinski definition) is 7. The van der Waals surface area contributed by atoms with Crippen LogP contribution in [0.4, 0.5) is 0 Å². The Balaban J connectivity index is 1.87. The highest BCUT2D eigenvalue weighted by Gasteiger charge is 2.43. The predicted molar refractivity (Wildman–Crippen MR) is 144 cm³/mol. The second-order valence-corrected chi connectivity index (χ2v) is 11.1. The summed E-state index contributed by atoms with van der Waals surface area (Å²) in [6.07, 6.45) is 2.93. The lowest BCUT2D eigenvalue weighted by atomic mass is 9.84. The lowest BCUT2D eigenvalue weighted by Gasteiger charge is -2.41. The number of aromatic nitrogens is 2. The first-order valence-electron chi connectivity index (χ1n) is 13.0. The maximum absolute atomic E-state index is 14.1. The number of benzene rings is 1. The van der Waals surface area contributed by atoms with Crippen LogP contribution in [0.3, 0.4) is 0 Å². The summed E-state index contributed by atoms with van der Waals surface area (Å²) in [5.74, 6) is -3.75. The molecule has 0 spiro atoms. The highest BCUT2D eigenvalue weighted by molar-refractivity contribution is 5.95. The lowest BCUT2D eigenvalue weighted by Crippen LogP contribution is -2.62. The molecule has 13 heteroatoms. The zero-order chi connectivity index (χ0) is 29.6. The van der Waals surface area contributed by atoms with Crippen molar-refractivity contribution in [2.24, 2.45) is 16.9 Å². The molecule has 0 saturated heterocycles. The molecule has 13 nitrogen and oxygen atoms in total. The summed E-state index contributed by atoms with van der Waals surface area (Å²) in [5.41, 5.74) is 12.8. The smallest absolute Gasteiger partial charge is 0.326 e. The molecule has 3 rings (SSSR count). The van der Waals surface area contributed by atoms with Crippen LogP contribution in [0.25, 0.3) is 0 Å². The second kappa shape index (κ2) is 12.7. The van der Waals surface area contributed by atoms with E-state index in [1.54, 1.807) is 27.0 Å². The fourth-order valence-electron chi connectivity index (χ4n) is 4.59. The molecule has 40 heavy (non-hydrogen) atoms. The summed E-state index contributed by atoms with van der Waals surface area (Å²) in [4.78, 5) is 71.7. The fraction of sp³-hybridized carbons (Fsp3) is 0.481. The van der Waals surface area contributed by atoms with E-state index in [2.05, 4.69) is 20.6 Å². The van der Waals surface area contributed by atoms with Crippen molar-refractivity contribution in [2.45, 2.75) is 77.2 Å². The molecular formula is C27H37N7O6. The number of rotatable bonds is 11. The number of hydrogen-bond donors (Lipinski definition) is 6. The predicted octanol–water partition coefficient (Wildman–Crippen LogP) is -0.401. The summed E-state index contributed by atoms with van der Waals surface area (Å²) in [7, 11) is 0. The van der Waals surface area contributed by atoms with Crippen LogP contribution >= 0.6 is 0 Å².